The minimum absolute atomic E-state index is 0.0847. The van der Waals surface area contributed by atoms with E-state index >= 15 is 0 Å². The third-order valence-corrected chi connectivity index (χ3v) is 4.57. The molecule has 1 saturated heterocycles. The molecule has 1 amide bonds. The highest BCUT2D eigenvalue weighted by Crippen LogP contribution is 2.30. The predicted octanol–water partition coefficient (Wildman–Crippen LogP) is 2.99. The Hall–Kier alpha value is -3.90. The molecule has 0 radical (unpaired) electrons. The lowest BCUT2D eigenvalue weighted by atomic mass is 10.1. The number of hydrogen-bond acceptors (Lipinski definition) is 7. The van der Waals surface area contributed by atoms with Crippen molar-refractivity contribution in [3.63, 3.8) is 0 Å². The highest BCUT2D eigenvalue weighted by molar-refractivity contribution is 6.09. The number of carbonyl (C=O) groups excluding carboxylic acids is 1. The van der Waals surface area contributed by atoms with Crippen LogP contribution in [0.5, 0.6) is 5.75 Å². The Morgan fingerprint density at radius 2 is 1.97 bits per heavy atom. The fourth-order valence-electron chi connectivity index (χ4n) is 3.04. The Morgan fingerprint density at radius 3 is 2.57 bits per heavy atom. The molecule has 0 spiro atoms. The molecule has 9 heteroatoms. The van der Waals surface area contributed by atoms with E-state index in [0.717, 1.165) is 0 Å². The van der Waals surface area contributed by atoms with E-state index in [4.69, 9.17) is 9.47 Å². The van der Waals surface area contributed by atoms with Gasteiger partial charge in [0.05, 0.1) is 25.2 Å². The fourth-order valence-corrected chi connectivity index (χ4v) is 3.04. The van der Waals surface area contributed by atoms with Gasteiger partial charge >= 0.3 is 0 Å². The first-order chi connectivity index (χ1) is 14.5. The van der Waals surface area contributed by atoms with E-state index in [2.05, 4.69) is 5.32 Å². The number of methoxy groups -OCH3 is 1. The molecule has 1 heterocycles. The molecule has 0 aromatic heterocycles. The van der Waals surface area contributed by atoms with Gasteiger partial charge in [0.25, 0.3) is 11.6 Å². The molecule has 30 heavy (non-hydrogen) atoms. The summed E-state index contributed by atoms with van der Waals surface area (Å²) >= 11 is 0. The first kappa shape index (κ1) is 20.8. The lowest BCUT2D eigenvalue weighted by Gasteiger charge is -2.28. The molecule has 0 aliphatic carbocycles. The zero-order chi connectivity index (χ0) is 21.5. The molecule has 2 aromatic rings. The molecule has 2 aromatic carbocycles. The molecule has 154 valence electrons. The molecule has 1 N–H and O–H groups in total. The van der Waals surface area contributed by atoms with Crippen LogP contribution in [0.1, 0.15) is 5.56 Å². The predicted molar refractivity (Wildman–Crippen MR) is 111 cm³/mol. The molecule has 0 unspecified atom stereocenters. The number of morpholine rings is 1. The van der Waals surface area contributed by atoms with Crippen LogP contribution in [-0.4, -0.2) is 44.2 Å². The van der Waals surface area contributed by atoms with E-state index in [1.54, 1.807) is 36.4 Å². The zero-order valence-electron chi connectivity index (χ0n) is 16.3. The minimum atomic E-state index is -0.609. The smallest absolute Gasteiger partial charge is 0.293 e. The first-order valence-electron chi connectivity index (χ1n) is 9.20. The lowest BCUT2D eigenvalue weighted by Crippen LogP contribution is -2.36. The van der Waals surface area contributed by atoms with Gasteiger partial charge in [-0.25, -0.2) is 0 Å². The van der Waals surface area contributed by atoms with Crippen LogP contribution in [0.4, 0.5) is 17.1 Å². The second-order valence-corrected chi connectivity index (χ2v) is 6.46. The van der Waals surface area contributed by atoms with E-state index in [-0.39, 0.29) is 11.3 Å². The van der Waals surface area contributed by atoms with Crippen LogP contribution in [0.25, 0.3) is 6.08 Å². The first-order valence-corrected chi connectivity index (χ1v) is 9.20. The zero-order valence-corrected chi connectivity index (χ0v) is 16.3. The molecular weight excluding hydrogens is 388 g/mol. The van der Waals surface area contributed by atoms with Gasteiger partial charge in [0.1, 0.15) is 23.1 Å². The van der Waals surface area contributed by atoms with Crippen LogP contribution in [0.15, 0.2) is 48.0 Å². The number of nitro groups is 1. The van der Waals surface area contributed by atoms with Gasteiger partial charge in [-0.05, 0) is 42.0 Å². The van der Waals surface area contributed by atoms with Crippen molar-refractivity contribution < 1.29 is 19.2 Å². The molecule has 1 aliphatic heterocycles. The summed E-state index contributed by atoms with van der Waals surface area (Å²) in [6.07, 6.45) is 1.33. The molecule has 9 nitrogen and oxygen atoms in total. The third-order valence-electron chi connectivity index (χ3n) is 4.57. The van der Waals surface area contributed by atoms with Crippen molar-refractivity contribution in [2.24, 2.45) is 0 Å². The molecule has 1 fully saturated rings. The average Bonchev–Trinajstić information content (AvgIpc) is 2.78. The Balaban J connectivity index is 1.83. The van der Waals surface area contributed by atoms with Gasteiger partial charge in [-0.1, -0.05) is 6.07 Å². The van der Waals surface area contributed by atoms with E-state index < -0.39 is 10.8 Å². The van der Waals surface area contributed by atoms with Gasteiger partial charge in [0.15, 0.2) is 0 Å². The molecule has 0 saturated carbocycles. The van der Waals surface area contributed by atoms with Crippen molar-refractivity contribution in [1.29, 1.82) is 5.26 Å². The SMILES string of the molecule is COc1ccc(NC(=O)/C(C#N)=C/c2ccc(N3CCOCC3)c([N+](=O)[O-])c2)cc1. The Bertz CT molecular complexity index is 1010. The summed E-state index contributed by atoms with van der Waals surface area (Å²) in [6.45, 7) is 2.12. The van der Waals surface area contributed by atoms with E-state index in [1.807, 2.05) is 11.0 Å². The monoisotopic (exact) mass is 408 g/mol. The number of amides is 1. The van der Waals surface area contributed by atoms with Crippen molar-refractivity contribution in [3.05, 3.63) is 63.7 Å². The quantitative estimate of drug-likeness (QED) is 0.338. The number of hydrogen-bond donors (Lipinski definition) is 1. The molecule has 3 rings (SSSR count). The van der Waals surface area contributed by atoms with E-state index in [9.17, 15) is 20.2 Å². The highest BCUT2D eigenvalue weighted by Gasteiger charge is 2.22. The van der Waals surface area contributed by atoms with Crippen molar-refractivity contribution in [2.45, 2.75) is 0 Å². The van der Waals surface area contributed by atoms with Gasteiger partial charge in [-0.2, -0.15) is 5.26 Å². The van der Waals surface area contributed by atoms with Crippen LogP contribution >= 0.6 is 0 Å². The van der Waals surface area contributed by atoms with Crippen molar-refractivity contribution in [1.82, 2.24) is 0 Å². The Morgan fingerprint density at radius 1 is 1.27 bits per heavy atom. The number of carbonyl (C=O) groups is 1. The average molecular weight is 408 g/mol. The summed E-state index contributed by atoms with van der Waals surface area (Å²) in [5.41, 5.74) is 1.12. The topological polar surface area (TPSA) is 118 Å². The van der Waals surface area contributed by atoms with Crippen molar-refractivity contribution in [2.75, 3.05) is 43.6 Å². The van der Waals surface area contributed by atoms with Crippen LogP contribution in [-0.2, 0) is 9.53 Å². The number of nitrogens with one attached hydrogen (secondary N) is 1. The maximum absolute atomic E-state index is 12.4. The number of nitrogens with zero attached hydrogens (tertiary/aromatic N) is 3. The third kappa shape index (κ3) is 4.92. The molecular formula is C21H20N4O5. The van der Waals surface area contributed by atoms with Crippen LogP contribution in [0, 0.1) is 21.4 Å². The summed E-state index contributed by atoms with van der Waals surface area (Å²) in [6, 6.07) is 13.1. The molecule has 0 atom stereocenters. The van der Waals surface area contributed by atoms with Gasteiger partial charge in [-0.15, -0.1) is 0 Å². The van der Waals surface area contributed by atoms with Gasteiger partial charge in [0.2, 0.25) is 0 Å². The van der Waals surface area contributed by atoms with Crippen molar-refractivity contribution >= 4 is 29.0 Å². The normalized spacial score (nSPS) is 14.0. The number of benzene rings is 2. The van der Waals surface area contributed by atoms with Gasteiger partial charge in [-0.3, -0.25) is 14.9 Å². The Labute approximate surface area is 173 Å². The number of rotatable bonds is 6. The maximum atomic E-state index is 12.4. The number of ether oxygens (including phenoxy) is 2. The lowest BCUT2D eigenvalue weighted by molar-refractivity contribution is -0.384. The molecule has 1 aliphatic rings. The van der Waals surface area contributed by atoms with Gasteiger partial charge < -0.3 is 19.7 Å². The number of anilines is 2. The standard InChI is InChI=1S/C21H20N4O5/c1-29-18-5-3-17(4-6-18)23-21(26)16(14-22)12-15-2-7-19(20(13-15)25(27)28)24-8-10-30-11-9-24/h2-7,12-13H,8-11H2,1H3,(H,23,26)/b16-12+. The summed E-state index contributed by atoms with van der Waals surface area (Å²) < 4.78 is 10.4. The summed E-state index contributed by atoms with van der Waals surface area (Å²) in [5, 5.41) is 23.6. The van der Waals surface area contributed by atoms with Crippen molar-refractivity contribution in [3.8, 4) is 11.8 Å². The van der Waals surface area contributed by atoms with Gasteiger partial charge in [0, 0.05) is 24.8 Å². The minimum Gasteiger partial charge on any atom is -0.497 e. The number of nitro benzene ring substituents is 1. The Kier molecular flexibility index (Phi) is 6.62. The van der Waals surface area contributed by atoms with Crippen LogP contribution < -0.4 is 15.0 Å². The van der Waals surface area contributed by atoms with E-state index in [0.29, 0.717) is 49.0 Å². The van der Waals surface area contributed by atoms with Crippen LogP contribution in [0.3, 0.4) is 0 Å². The number of nitriles is 1. The maximum Gasteiger partial charge on any atom is 0.293 e. The fraction of sp³-hybridized carbons (Fsp3) is 0.238. The summed E-state index contributed by atoms with van der Waals surface area (Å²) in [7, 11) is 1.54. The molecule has 0 bridgehead atoms. The second-order valence-electron chi connectivity index (χ2n) is 6.46. The summed E-state index contributed by atoms with van der Waals surface area (Å²) in [4.78, 5) is 25.4. The summed E-state index contributed by atoms with van der Waals surface area (Å²) in [5.74, 6) is 0.0271. The van der Waals surface area contributed by atoms with E-state index in [1.165, 1.54) is 19.3 Å². The second kappa shape index (κ2) is 9.54. The van der Waals surface area contributed by atoms with Crippen LogP contribution in [0.2, 0.25) is 0 Å². The largest absolute Gasteiger partial charge is 0.497 e. The highest BCUT2D eigenvalue weighted by atomic mass is 16.6.